The predicted molar refractivity (Wildman–Crippen MR) is 80.2 cm³/mol. The molecule has 0 aliphatic carbocycles. The van der Waals surface area contributed by atoms with Crippen molar-refractivity contribution in [2.45, 2.75) is 6.54 Å². The largest absolute Gasteiger partial charge is 0.508 e. The Hall–Kier alpha value is -1.63. The molecule has 5 nitrogen and oxygen atoms in total. The maximum atomic E-state index is 11.3. The van der Waals surface area contributed by atoms with Crippen LogP contribution in [0.5, 0.6) is 5.75 Å². The van der Waals surface area contributed by atoms with Gasteiger partial charge in [-0.05, 0) is 23.9 Å². The number of hydrogen-bond acceptors (Lipinski definition) is 4. The third-order valence-electron chi connectivity index (χ3n) is 3.18. The Balaban J connectivity index is 2.08. The Morgan fingerprint density at radius 2 is 1.90 bits per heavy atom. The molecular formula is C14H18N2O3S. The lowest BCUT2D eigenvalue weighted by molar-refractivity contribution is 0.466. The summed E-state index contributed by atoms with van der Waals surface area (Å²) in [5, 5.41) is 15.0. The smallest absolute Gasteiger partial charge is 0.212 e. The molecule has 0 bridgehead atoms. The van der Waals surface area contributed by atoms with Gasteiger partial charge in [0.25, 0.3) is 0 Å². The number of phenols is 1. The molecule has 0 saturated heterocycles. The number of sulfonamides is 1. The van der Waals surface area contributed by atoms with Gasteiger partial charge in [0.1, 0.15) is 5.75 Å². The van der Waals surface area contributed by atoms with Crippen molar-refractivity contribution in [2.75, 3.05) is 19.3 Å². The zero-order valence-corrected chi connectivity index (χ0v) is 12.1. The van der Waals surface area contributed by atoms with Gasteiger partial charge >= 0.3 is 0 Å². The van der Waals surface area contributed by atoms with E-state index in [9.17, 15) is 13.5 Å². The Labute approximate surface area is 118 Å². The number of rotatable bonds is 6. The molecule has 0 radical (unpaired) electrons. The predicted octanol–water partition coefficient (Wildman–Crippen LogP) is 1.18. The monoisotopic (exact) mass is 294 g/mol. The number of nitrogens with one attached hydrogen (secondary N) is 2. The molecule has 6 heteroatoms. The van der Waals surface area contributed by atoms with Gasteiger partial charge in [-0.15, -0.1) is 0 Å². The highest BCUT2D eigenvalue weighted by molar-refractivity contribution is 7.89. The van der Waals surface area contributed by atoms with Crippen molar-refractivity contribution < 1.29 is 13.5 Å². The third kappa shape index (κ3) is 3.47. The SMILES string of the molecule is CNS(=O)(=O)CCNCc1c(O)ccc2ccccc12. The van der Waals surface area contributed by atoms with Crippen molar-refractivity contribution in [1.29, 1.82) is 0 Å². The fourth-order valence-corrected chi connectivity index (χ4v) is 2.65. The maximum Gasteiger partial charge on any atom is 0.212 e. The van der Waals surface area contributed by atoms with E-state index in [1.54, 1.807) is 6.07 Å². The molecule has 0 aliphatic rings. The molecule has 3 N–H and O–H groups in total. The van der Waals surface area contributed by atoms with E-state index < -0.39 is 10.0 Å². The quantitative estimate of drug-likeness (QED) is 0.699. The summed E-state index contributed by atoms with van der Waals surface area (Å²) in [4.78, 5) is 0. The maximum absolute atomic E-state index is 11.3. The van der Waals surface area contributed by atoms with Gasteiger partial charge in [-0.1, -0.05) is 30.3 Å². The minimum Gasteiger partial charge on any atom is -0.508 e. The fraction of sp³-hybridized carbons (Fsp3) is 0.286. The Kier molecular flexibility index (Phi) is 4.59. The number of aromatic hydroxyl groups is 1. The Morgan fingerprint density at radius 3 is 2.65 bits per heavy atom. The highest BCUT2D eigenvalue weighted by Gasteiger charge is 2.08. The van der Waals surface area contributed by atoms with E-state index in [-0.39, 0.29) is 11.5 Å². The second-order valence-corrected chi connectivity index (χ2v) is 6.53. The molecular weight excluding hydrogens is 276 g/mol. The lowest BCUT2D eigenvalue weighted by Gasteiger charge is -2.10. The Morgan fingerprint density at radius 1 is 1.15 bits per heavy atom. The summed E-state index contributed by atoms with van der Waals surface area (Å²) >= 11 is 0. The van der Waals surface area contributed by atoms with E-state index in [2.05, 4.69) is 10.0 Å². The van der Waals surface area contributed by atoms with Crippen LogP contribution in [0.4, 0.5) is 0 Å². The van der Waals surface area contributed by atoms with Crippen molar-refractivity contribution in [2.24, 2.45) is 0 Å². The average Bonchev–Trinajstić information content (AvgIpc) is 2.45. The highest BCUT2D eigenvalue weighted by Crippen LogP contribution is 2.26. The lowest BCUT2D eigenvalue weighted by Crippen LogP contribution is -2.29. The molecule has 0 atom stereocenters. The van der Waals surface area contributed by atoms with Crippen LogP contribution in [0, 0.1) is 0 Å². The molecule has 20 heavy (non-hydrogen) atoms. The van der Waals surface area contributed by atoms with Crippen molar-refractivity contribution in [3.8, 4) is 5.75 Å². The van der Waals surface area contributed by atoms with Gasteiger partial charge in [-0.3, -0.25) is 0 Å². The first-order chi connectivity index (χ1) is 9.53. The van der Waals surface area contributed by atoms with Gasteiger partial charge in [0.2, 0.25) is 10.0 Å². The minimum atomic E-state index is -3.20. The molecule has 0 spiro atoms. The normalized spacial score (nSPS) is 11.8. The number of fused-ring (bicyclic) bond motifs is 1. The first-order valence-corrected chi connectivity index (χ1v) is 8.00. The van der Waals surface area contributed by atoms with Gasteiger partial charge in [-0.2, -0.15) is 0 Å². The molecule has 2 rings (SSSR count). The van der Waals surface area contributed by atoms with Crippen LogP contribution in [0.1, 0.15) is 5.56 Å². The molecule has 0 aromatic heterocycles. The van der Waals surface area contributed by atoms with Crippen LogP contribution in [-0.4, -0.2) is 32.9 Å². The summed E-state index contributed by atoms with van der Waals surface area (Å²) in [6, 6.07) is 11.3. The molecule has 0 heterocycles. The molecule has 2 aromatic rings. The van der Waals surface area contributed by atoms with Gasteiger partial charge < -0.3 is 10.4 Å². The number of phenolic OH excluding ortho intramolecular Hbond substituents is 1. The third-order valence-corrected chi connectivity index (χ3v) is 4.54. The van der Waals surface area contributed by atoms with Gasteiger partial charge in [0, 0.05) is 18.7 Å². The van der Waals surface area contributed by atoms with Crippen molar-refractivity contribution >= 4 is 20.8 Å². The van der Waals surface area contributed by atoms with Gasteiger partial charge in [0.05, 0.1) is 5.75 Å². The molecule has 0 unspecified atom stereocenters. The van der Waals surface area contributed by atoms with Crippen LogP contribution < -0.4 is 10.0 Å². The van der Waals surface area contributed by atoms with Crippen LogP contribution in [-0.2, 0) is 16.6 Å². The number of hydrogen-bond donors (Lipinski definition) is 3. The molecule has 2 aromatic carbocycles. The number of benzene rings is 2. The van der Waals surface area contributed by atoms with Gasteiger partial charge in [-0.25, -0.2) is 13.1 Å². The summed E-state index contributed by atoms with van der Waals surface area (Å²) in [6.45, 7) is 0.748. The van der Waals surface area contributed by atoms with E-state index in [0.717, 1.165) is 16.3 Å². The second-order valence-electron chi connectivity index (χ2n) is 4.48. The van der Waals surface area contributed by atoms with Crippen LogP contribution in [0.2, 0.25) is 0 Å². The zero-order valence-electron chi connectivity index (χ0n) is 11.3. The van der Waals surface area contributed by atoms with E-state index >= 15 is 0 Å². The Bertz CT molecular complexity index is 699. The first-order valence-electron chi connectivity index (χ1n) is 6.35. The topological polar surface area (TPSA) is 78.4 Å². The summed E-state index contributed by atoms with van der Waals surface area (Å²) in [5.74, 6) is 0.224. The molecule has 0 amide bonds. The average molecular weight is 294 g/mol. The molecule has 0 aliphatic heterocycles. The van der Waals surface area contributed by atoms with Crippen LogP contribution in [0.25, 0.3) is 10.8 Å². The van der Waals surface area contributed by atoms with Crippen LogP contribution >= 0.6 is 0 Å². The van der Waals surface area contributed by atoms with Crippen molar-refractivity contribution in [1.82, 2.24) is 10.0 Å². The summed E-state index contributed by atoms with van der Waals surface area (Å²) in [6.07, 6.45) is 0. The van der Waals surface area contributed by atoms with E-state index in [0.29, 0.717) is 13.1 Å². The van der Waals surface area contributed by atoms with Crippen molar-refractivity contribution in [3.63, 3.8) is 0 Å². The van der Waals surface area contributed by atoms with Gasteiger partial charge in [0.15, 0.2) is 0 Å². The minimum absolute atomic E-state index is 0.00896. The molecule has 0 saturated carbocycles. The van der Waals surface area contributed by atoms with Crippen LogP contribution in [0.3, 0.4) is 0 Å². The van der Waals surface area contributed by atoms with E-state index in [1.165, 1.54) is 7.05 Å². The lowest BCUT2D eigenvalue weighted by atomic mass is 10.0. The summed E-state index contributed by atoms with van der Waals surface area (Å²) in [7, 11) is -1.81. The highest BCUT2D eigenvalue weighted by atomic mass is 32.2. The molecule has 0 fully saturated rings. The van der Waals surface area contributed by atoms with E-state index in [4.69, 9.17) is 0 Å². The summed E-state index contributed by atoms with van der Waals surface area (Å²) in [5.41, 5.74) is 0.782. The molecule has 108 valence electrons. The van der Waals surface area contributed by atoms with Crippen molar-refractivity contribution in [3.05, 3.63) is 42.0 Å². The van der Waals surface area contributed by atoms with E-state index in [1.807, 2.05) is 30.3 Å². The standard InChI is InChI=1S/C14H18N2O3S/c1-15-20(18,19)9-8-16-10-13-12-5-3-2-4-11(12)6-7-14(13)17/h2-7,15-17H,8-10H2,1H3. The summed E-state index contributed by atoms with van der Waals surface area (Å²) < 4.78 is 24.8. The van der Waals surface area contributed by atoms with Crippen LogP contribution in [0.15, 0.2) is 36.4 Å². The first kappa shape index (κ1) is 14.8. The second kappa shape index (κ2) is 6.21. The fourth-order valence-electron chi connectivity index (χ4n) is 2.03. The zero-order chi connectivity index (χ0) is 14.6.